The van der Waals surface area contributed by atoms with E-state index in [1.54, 1.807) is 6.92 Å². The highest BCUT2D eigenvalue weighted by Crippen LogP contribution is 2.22. The van der Waals surface area contributed by atoms with Crippen molar-refractivity contribution in [2.75, 3.05) is 13.1 Å². The van der Waals surface area contributed by atoms with E-state index in [-0.39, 0.29) is 11.8 Å². The highest BCUT2D eigenvalue weighted by atomic mass is 16.5. The zero-order valence-electron chi connectivity index (χ0n) is 11.3. The molecule has 1 atom stereocenters. The molecule has 5 heteroatoms. The molecular formula is C13H21N3O2. The van der Waals surface area contributed by atoms with Gasteiger partial charge in [0.1, 0.15) is 0 Å². The number of aryl methyl sites for hydroxylation is 2. The summed E-state index contributed by atoms with van der Waals surface area (Å²) >= 11 is 0. The lowest BCUT2D eigenvalue weighted by Crippen LogP contribution is -2.32. The second kappa shape index (κ2) is 5.50. The number of aromatic nitrogens is 2. The van der Waals surface area contributed by atoms with Gasteiger partial charge in [0.15, 0.2) is 5.82 Å². The Hall–Kier alpha value is -1.39. The first-order valence-electron chi connectivity index (χ1n) is 6.64. The lowest BCUT2D eigenvalue weighted by Gasteiger charge is -2.18. The lowest BCUT2D eigenvalue weighted by atomic mass is 10.0. The van der Waals surface area contributed by atoms with E-state index in [4.69, 9.17) is 4.52 Å². The number of likely N-dealkylation sites (tertiary alicyclic amines) is 1. The van der Waals surface area contributed by atoms with Crippen molar-refractivity contribution in [1.29, 1.82) is 0 Å². The van der Waals surface area contributed by atoms with E-state index in [1.807, 2.05) is 18.7 Å². The lowest BCUT2D eigenvalue weighted by molar-refractivity contribution is -0.133. The minimum Gasteiger partial charge on any atom is -0.342 e. The number of carbonyl (C=O) groups is 1. The molecule has 5 nitrogen and oxygen atoms in total. The fourth-order valence-electron chi connectivity index (χ4n) is 2.41. The van der Waals surface area contributed by atoms with Gasteiger partial charge in [-0.1, -0.05) is 19.0 Å². The maximum atomic E-state index is 11.9. The summed E-state index contributed by atoms with van der Waals surface area (Å²) in [5.74, 6) is 2.34. The van der Waals surface area contributed by atoms with Gasteiger partial charge in [-0.25, -0.2) is 0 Å². The van der Waals surface area contributed by atoms with Gasteiger partial charge in [0.05, 0.1) is 0 Å². The molecule has 1 unspecified atom stereocenters. The van der Waals surface area contributed by atoms with Crippen LogP contribution in [0.1, 0.15) is 38.4 Å². The third-order valence-corrected chi connectivity index (χ3v) is 3.44. The van der Waals surface area contributed by atoms with Crippen molar-refractivity contribution in [3.63, 3.8) is 0 Å². The van der Waals surface area contributed by atoms with Crippen LogP contribution < -0.4 is 0 Å². The van der Waals surface area contributed by atoms with Gasteiger partial charge in [-0.05, 0) is 18.8 Å². The van der Waals surface area contributed by atoms with Crippen molar-refractivity contribution in [2.45, 2.75) is 40.0 Å². The Balaban J connectivity index is 1.78. The van der Waals surface area contributed by atoms with Crippen molar-refractivity contribution < 1.29 is 9.32 Å². The summed E-state index contributed by atoms with van der Waals surface area (Å²) in [7, 11) is 0. The van der Waals surface area contributed by atoms with Gasteiger partial charge in [0, 0.05) is 32.4 Å². The second-order valence-electron chi connectivity index (χ2n) is 5.36. The van der Waals surface area contributed by atoms with E-state index in [0.29, 0.717) is 11.8 Å². The van der Waals surface area contributed by atoms with Crippen LogP contribution in [0.4, 0.5) is 0 Å². The quantitative estimate of drug-likeness (QED) is 0.819. The first-order valence-corrected chi connectivity index (χ1v) is 6.64. The first kappa shape index (κ1) is 13.1. The molecule has 2 heterocycles. The maximum absolute atomic E-state index is 11.9. The van der Waals surface area contributed by atoms with Gasteiger partial charge < -0.3 is 9.42 Å². The predicted octanol–water partition coefficient (Wildman–Crippen LogP) is 1.82. The third kappa shape index (κ3) is 3.09. The van der Waals surface area contributed by atoms with E-state index in [2.05, 4.69) is 10.1 Å². The molecule has 1 aromatic rings. The standard InChI is InChI=1S/C13H21N3O2/c1-9(2)13(17)16-7-6-11(8-16)4-5-12-14-10(3)18-15-12/h9,11H,4-8H2,1-3H3. The minimum absolute atomic E-state index is 0.101. The first-order chi connectivity index (χ1) is 8.56. The molecule has 1 aliphatic rings. The molecule has 18 heavy (non-hydrogen) atoms. The van der Waals surface area contributed by atoms with Crippen LogP contribution in [0, 0.1) is 18.8 Å². The summed E-state index contributed by atoms with van der Waals surface area (Å²) in [6.07, 6.45) is 2.96. The fourth-order valence-corrected chi connectivity index (χ4v) is 2.41. The largest absolute Gasteiger partial charge is 0.342 e. The summed E-state index contributed by atoms with van der Waals surface area (Å²) in [5, 5.41) is 3.89. The van der Waals surface area contributed by atoms with Gasteiger partial charge in [0.2, 0.25) is 11.8 Å². The molecule has 2 rings (SSSR count). The summed E-state index contributed by atoms with van der Waals surface area (Å²) in [6.45, 7) is 7.49. The predicted molar refractivity (Wildman–Crippen MR) is 66.9 cm³/mol. The van der Waals surface area contributed by atoms with Crippen LogP contribution in [0.2, 0.25) is 0 Å². The Labute approximate surface area is 108 Å². The smallest absolute Gasteiger partial charge is 0.225 e. The number of hydrogen-bond donors (Lipinski definition) is 0. The monoisotopic (exact) mass is 251 g/mol. The number of hydrogen-bond acceptors (Lipinski definition) is 4. The normalized spacial score (nSPS) is 19.8. The SMILES string of the molecule is Cc1nc(CCC2CCN(C(=O)C(C)C)C2)no1. The number of carbonyl (C=O) groups excluding carboxylic acids is 1. The molecule has 1 aromatic heterocycles. The van der Waals surface area contributed by atoms with Crippen molar-refractivity contribution in [3.8, 4) is 0 Å². The fraction of sp³-hybridized carbons (Fsp3) is 0.769. The van der Waals surface area contributed by atoms with Crippen LogP contribution in [-0.2, 0) is 11.2 Å². The van der Waals surface area contributed by atoms with Crippen molar-refractivity contribution >= 4 is 5.91 Å². The molecule has 0 saturated carbocycles. The van der Waals surface area contributed by atoms with Crippen LogP contribution >= 0.6 is 0 Å². The summed E-state index contributed by atoms with van der Waals surface area (Å²) < 4.78 is 4.94. The molecule has 0 bridgehead atoms. The van der Waals surface area contributed by atoms with E-state index in [0.717, 1.165) is 38.2 Å². The Morgan fingerprint density at radius 1 is 1.56 bits per heavy atom. The molecule has 100 valence electrons. The summed E-state index contributed by atoms with van der Waals surface area (Å²) in [5.41, 5.74) is 0. The van der Waals surface area contributed by atoms with Crippen LogP contribution in [0.15, 0.2) is 4.52 Å². The highest BCUT2D eigenvalue weighted by Gasteiger charge is 2.27. The van der Waals surface area contributed by atoms with E-state index < -0.39 is 0 Å². The van der Waals surface area contributed by atoms with E-state index >= 15 is 0 Å². The molecule has 0 aromatic carbocycles. The second-order valence-corrected chi connectivity index (χ2v) is 5.36. The van der Waals surface area contributed by atoms with Crippen LogP contribution in [0.25, 0.3) is 0 Å². The average Bonchev–Trinajstić information content (AvgIpc) is 2.94. The zero-order valence-corrected chi connectivity index (χ0v) is 11.3. The van der Waals surface area contributed by atoms with Crippen molar-refractivity contribution in [1.82, 2.24) is 15.0 Å². The van der Waals surface area contributed by atoms with E-state index in [9.17, 15) is 4.79 Å². The Morgan fingerprint density at radius 2 is 2.33 bits per heavy atom. The van der Waals surface area contributed by atoms with Crippen molar-refractivity contribution in [2.24, 2.45) is 11.8 Å². The van der Waals surface area contributed by atoms with Gasteiger partial charge in [-0.15, -0.1) is 0 Å². The molecule has 1 amide bonds. The molecule has 1 fully saturated rings. The molecule has 0 N–H and O–H groups in total. The summed E-state index contributed by atoms with van der Waals surface area (Å²) in [4.78, 5) is 18.0. The molecule has 0 spiro atoms. The Morgan fingerprint density at radius 3 is 2.94 bits per heavy atom. The number of amides is 1. The van der Waals surface area contributed by atoms with Gasteiger partial charge in [0.25, 0.3) is 0 Å². The molecular weight excluding hydrogens is 230 g/mol. The summed E-state index contributed by atoms with van der Waals surface area (Å²) in [6, 6.07) is 0. The van der Waals surface area contributed by atoms with Gasteiger partial charge in [-0.2, -0.15) is 4.98 Å². The molecule has 0 radical (unpaired) electrons. The van der Waals surface area contributed by atoms with E-state index in [1.165, 1.54) is 0 Å². The Bertz CT molecular complexity index is 414. The minimum atomic E-state index is 0.101. The number of rotatable bonds is 4. The molecule has 1 saturated heterocycles. The molecule has 1 aliphatic heterocycles. The van der Waals surface area contributed by atoms with Gasteiger partial charge in [-0.3, -0.25) is 4.79 Å². The van der Waals surface area contributed by atoms with Crippen molar-refractivity contribution in [3.05, 3.63) is 11.7 Å². The Kier molecular flexibility index (Phi) is 3.99. The molecule has 0 aliphatic carbocycles. The van der Waals surface area contributed by atoms with Crippen LogP contribution in [0.5, 0.6) is 0 Å². The third-order valence-electron chi connectivity index (χ3n) is 3.44. The highest BCUT2D eigenvalue weighted by molar-refractivity contribution is 5.78. The van der Waals surface area contributed by atoms with Crippen LogP contribution in [0.3, 0.4) is 0 Å². The van der Waals surface area contributed by atoms with Gasteiger partial charge >= 0.3 is 0 Å². The maximum Gasteiger partial charge on any atom is 0.225 e. The van der Waals surface area contributed by atoms with Crippen LogP contribution in [-0.4, -0.2) is 34.0 Å². The average molecular weight is 251 g/mol. The zero-order chi connectivity index (χ0) is 13.1. The topological polar surface area (TPSA) is 59.2 Å². The number of nitrogens with zero attached hydrogens (tertiary/aromatic N) is 3.